The average molecular weight is 393 g/mol. The van der Waals surface area contributed by atoms with Gasteiger partial charge in [-0.3, -0.25) is 13.9 Å². The standard InChI is InChI=1S/C7H14O2.C5H15NO7P2/c1-4-5-7(2,3)6(8)9;6-4-2-1-3-5(14(7,8)9)13-15(10,11)12/h4-5H2,1-3H3,(H,8,9);5H,1-4,6H2,(H2,7,8,9)(H2,10,11,12). The van der Waals surface area contributed by atoms with Gasteiger partial charge in [0.25, 0.3) is 0 Å². The van der Waals surface area contributed by atoms with E-state index in [0.717, 1.165) is 12.8 Å². The Hall–Kier alpha value is -0.310. The number of aliphatic carboxylic acids is 1. The fourth-order valence-electron chi connectivity index (χ4n) is 1.64. The molecule has 0 aliphatic rings. The number of phosphoric ester groups is 1. The van der Waals surface area contributed by atoms with Crippen LogP contribution in [0.25, 0.3) is 0 Å². The van der Waals surface area contributed by atoms with Crippen LogP contribution in [0.15, 0.2) is 0 Å². The molecule has 12 heteroatoms. The maximum absolute atomic E-state index is 10.8. The van der Waals surface area contributed by atoms with Gasteiger partial charge in [-0.1, -0.05) is 13.3 Å². The van der Waals surface area contributed by atoms with Gasteiger partial charge in [-0.2, -0.15) is 0 Å². The molecule has 0 saturated heterocycles. The van der Waals surface area contributed by atoms with E-state index < -0.39 is 32.6 Å². The summed E-state index contributed by atoms with van der Waals surface area (Å²) < 4.78 is 25.2. The van der Waals surface area contributed by atoms with E-state index in [0.29, 0.717) is 19.4 Å². The quantitative estimate of drug-likeness (QED) is 0.235. The molecule has 0 heterocycles. The zero-order valence-corrected chi connectivity index (χ0v) is 15.9. The van der Waals surface area contributed by atoms with Crippen LogP contribution in [0.1, 0.15) is 52.9 Å². The van der Waals surface area contributed by atoms with Crippen LogP contribution in [0.3, 0.4) is 0 Å². The number of phosphoric acid groups is 1. The Morgan fingerprint density at radius 1 is 1.17 bits per heavy atom. The highest BCUT2D eigenvalue weighted by Gasteiger charge is 2.35. The normalized spacial score (nSPS) is 13.8. The van der Waals surface area contributed by atoms with E-state index in [2.05, 4.69) is 4.52 Å². The Morgan fingerprint density at radius 2 is 1.67 bits per heavy atom. The molecule has 0 bridgehead atoms. The summed E-state index contributed by atoms with van der Waals surface area (Å²) in [6.45, 7) is 5.83. The molecule has 0 aromatic heterocycles. The van der Waals surface area contributed by atoms with Gasteiger partial charge in [-0.05, 0) is 46.1 Å². The predicted octanol–water partition coefficient (Wildman–Crippen LogP) is 1.63. The van der Waals surface area contributed by atoms with E-state index in [1.807, 2.05) is 6.92 Å². The van der Waals surface area contributed by atoms with Crippen molar-refractivity contribution >= 4 is 21.4 Å². The van der Waals surface area contributed by atoms with E-state index in [-0.39, 0.29) is 6.42 Å². The van der Waals surface area contributed by atoms with Crippen molar-refractivity contribution in [1.82, 2.24) is 0 Å². The van der Waals surface area contributed by atoms with Gasteiger partial charge < -0.3 is 30.4 Å². The van der Waals surface area contributed by atoms with Gasteiger partial charge in [0.05, 0.1) is 5.41 Å². The SMILES string of the molecule is CCCC(C)(C)C(=O)O.NCCCCC(OP(=O)(O)O)P(=O)(O)O. The minimum atomic E-state index is -4.89. The van der Waals surface area contributed by atoms with Crippen LogP contribution in [0, 0.1) is 5.41 Å². The number of hydrogen-bond acceptors (Lipinski definition) is 5. The van der Waals surface area contributed by atoms with Crippen molar-refractivity contribution in [3.8, 4) is 0 Å². The lowest BCUT2D eigenvalue weighted by Gasteiger charge is -2.18. The molecule has 0 spiro atoms. The summed E-state index contributed by atoms with van der Waals surface area (Å²) in [5.74, 6) is -2.48. The first kappa shape index (κ1) is 25.9. The van der Waals surface area contributed by atoms with Gasteiger partial charge in [0, 0.05) is 0 Å². The molecule has 0 fully saturated rings. The smallest absolute Gasteiger partial charge is 0.470 e. The van der Waals surface area contributed by atoms with Gasteiger partial charge in [0.1, 0.15) is 0 Å². The lowest BCUT2D eigenvalue weighted by atomic mass is 9.88. The Bertz CT molecular complexity index is 457. The maximum atomic E-state index is 10.8. The van der Waals surface area contributed by atoms with Gasteiger partial charge in [-0.25, -0.2) is 4.57 Å². The number of carbonyl (C=O) groups is 1. The topological polar surface area (TPSA) is 188 Å². The first-order valence-corrected chi connectivity index (χ1v) is 10.6. The highest BCUT2D eigenvalue weighted by atomic mass is 31.2. The summed E-state index contributed by atoms with van der Waals surface area (Å²) in [6, 6.07) is 0. The second kappa shape index (κ2) is 11.3. The summed E-state index contributed by atoms with van der Waals surface area (Å²) in [5, 5.41) is 8.57. The van der Waals surface area contributed by atoms with Crippen molar-refractivity contribution < 1.29 is 43.1 Å². The molecule has 0 aromatic rings. The third-order valence-corrected chi connectivity index (χ3v) is 4.80. The van der Waals surface area contributed by atoms with Gasteiger partial charge in [-0.15, -0.1) is 0 Å². The monoisotopic (exact) mass is 393 g/mol. The molecule has 0 aliphatic heterocycles. The van der Waals surface area contributed by atoms with Crippen LogP contribution >= 0.6 is 15.4 Å². The maximum Gasteiger partial charge on any atom is 0.470 e. The fourth-order valence-corrected chi connectivity index (χ4v) is 3.44. The van der Waals surface area contributed by atoms with Crippen LogP contribution in [0.4, 0.5) is 0 Å². The largest absolute Gasteiger partial charge is 0.481 e. The van der Waals surface area contributed by atoms with Crippen LogP contribution in [0.5, 0.6) is 0 Å². The summed E-state index contributed by atoms with van der Waals surface area (Å²) in [5.41, 5.74) is 4.63. The lowest BCUT2D eigenvalue weighted by molar-refractivity contribution is -0.147. The van der Waals surface area contributed by atoms with Crippen molar-refractivity contribution in [3.63, 3.8) is 0 Å². The summed E-state index contributed by atoms with van der Waals surface area (Å²) in [7, 11) is -9.56. The number of hydrogen-bond donors (Lipinski definition) is 6. The van der Waals surface area contributed by atoms with Crippen molar-refractivity contribution in [2.75, 3.05) is 6.54 Å². The number of carboxylic acid groups (broad SMARTS) is 1. The third kappa shape index (κ3) is 14.1. The molecule has 146 valence electrons. The first-order valence-electron chi connectivity index (χ1n) is 7.40. The summed E-state index contributed by atoms with van der Waals surface area (Å²) in [6.07, 6.45) is 2.36. The van der Waals surface area contributed by atoms with Crippen molar-refractivity contribution in [3.05, 3.63) is 0 Å². The summed E-state index contributed by atoms with van der Waals surface area (Å²) in [4.78, 5) is 44.8. The van der Waals surface area contributed by atoms with E-state index >= 15 is 0 Å². The number of carboxylic acids is 1. The van der Waals surface area contributed by atoms with Crippen molar-refractivity contribution in [1.29, 1.82) is 0 Å². The molecule has 0 aromatic carbocycles. The van der Waals surface area contributed by atoms with Gasteiger partial charge >= 0.3 is 21.4 Å². The molecular formula is C12H29NO9P2. The van der Waals surface area contributed by atoms with E-state index in [1.54, 1.807) is 13.8 Å². The molecule has 10 nitrogen and oxygen atoms in total. The van der Waals surface area contributed by atoms with E-state index in [9.17, 15) is 13.9 Å². The van der Waals surface area contributed by atoms with Gasteiger partial charge in [0.15, 0.2) is 5.85 Å². The predicted molar refractivity (Wildman–Crippen MR) is 88.2 cm³/mol. The lowest BCUT2D eigenvalue weighted by Crippen LogP contribution is -2.22. The third-order valence-electron chi connectivity index (χ3n) is 2.99. The molecule has 0 aliphatic carbocycles. The molecule has 0 saturated carbocycles. The van der Waals surface area contributed by atoms with Crippen LogP contribution < -0.4 is 5.73 Å². The van der Waals surface area contributed by atoms with Gasteiger partial charge in [0.2, 0.25) is 0 Å². The highest BCUT2D eigenvalue weighted by Crippen LogP contribution is 2.51. The van der Waals surface area contributed by atoms with Crippen LogP contribution in [-0.4, -0.2) is 43.0 Å². The zero-order chi connectivity index (χ0) is 19.6. The molecule has 0 radical (unpaired) electrons. The molecule has 1 unspecified atom stereocenters. The van der Waals surface area contributed by atoms with Crippen LogP contribution in [0.2, 0.25) is 0 Å². The van der Waals surface area contributed by atoms with Crippen molar-refractivity contribution in [2.24, 2.45) is 11.1 Å². The second-order valence-electron chi connectivity index (χ2n) is 5.86. The Kier molecular flexibility index (Phi) is 12.2. The van der Waals surface area contributed by atoms with E-state index in [1.165, 1.54) is 0 Å². The fraction of sp³-hybridized carbons (Fsp3) is 0.917. The first-order chi connectivity index (χ1) is 10.7. The van der Waals surface area contributed by atoms with Crippen molar-refractivity contribution in [2.45, 2.75) is 58.7 Å². The molecule has 0 amide bonds. The number of nitrogens with two attached hydrogens (primary N) is 1. The molecule has 1 atom stereocenters. The van der Waals surface area contributed by atoms with E-state index in [4.69, 9.17) is 30.4 Å². The average Bonchev–Trinajstić information content (AvgIpc) is 2.35. The minimum absolute atomic E-state index is 0.146. The molecule has 24 heavy (non-hydrogen) atoms. The molecule has 0 rings (SSSR count). The van der Waals surface area contributed by atoms with Crippen LogP contribution in [-0.2, 0) is 18.4 Å². The number of unbranched alkanes of at least 4 members (excludes halogenated alkanes) is 1. The highest BCUT2D eigenvalue weighted by molar-refractivity contribution is 7.53. The number of rotatable bonds is 10. The summed E-state index contributed by atoms with van der Waals surface area (Å²) >= 11 is 0. The zero-order valence-electron chi connectivity index (χ0n) is 14.2. The minimum Gasteiger partial charge on any atom is -0.481 e. The Morgan fingerprint density at radius 3 is 1.92 bits per heavy atom. The Labute approximate surface area is 141 Å². The molecular weight excluding hydrogens is 364 g/mol. The Balaban J connectivity index is 0. The molecule has 7 N–H and O–H groups in total. The second-order valence-corrected chi connectivity index (χ2v) is 8.81.